The highest BCUT2D eigenvalue weighted by Gasteiger charge is 2.56. The number of hydrogen-bond acceptors (Lipinski definition) is 2. The van der Waals surface area contributed by atoms with Crippen LogP contribution in [0.2, 0.25) is 0 Å². The third kappa shape index (κ3) is 1.65. The van der Waals surface area contributed by atoms with Gasteiger partial charge in [0.15, 0.2) is 0 Å². The minimum absolute atomic E-state index is 0.0932. The molecular formula is C14H18N2O. The van der Waals surface area contributed by atoms with Crippen molar-refractivity contribution < 1.29 is 4.79 Å². The highest BCUT2D eigenvalue weighted by molar-refractivity contribution is 5.83. The zero-order valence-corrected chi connectivity index (χ0v) is 9.93. The van der Waals surface area contributed by atoms with Crippen LogP contribution in [0.1, 0.15) is 18.4 Å². The van der Waals surface area contributed by atoms with Crippen molar-refractivity contribution in [3.05, 3.63) is 35.9 Å². The number of nitrogens with two attached hydrogens (primary N) is 1. The number of likely N-dealkylation sites (tertiary alicyclic amines) is 1. The average molecular weight is 230 g/mol. The van der Waals surface area contributed by atoms with Crippen molar-refractivity contribution in [3.8, 4) is 0 Å². The number of nitrogens with zero attached hydrogens (tertiary/aromatic N) is 1. The number of primary amides is 1. The molecule has 2 atom stereocenters. The van der Waals surface area contributed by atoms with Crippen molar-refractivity contribution >= 4 is 5.91 Å². The predicted molar refractivity (Wildman–Crippen MR) is 66.1 cm³/mol. The number of benzene rings is 1. The van der Waals surface area contributed by atoms with Crippen LogP contribution in [0.25, 0.3) is 0 Å². The third-order valence-corrected chi connectivity index (χ3v) is 4.44. The van der Waals surface area contributed by atoms with Gasteiger partial charge in [-0.3, -0.25) is 9.69 Å². The lowest BCUT2D eigenvalue weighted by Gasteiger charge is -2.41. The minimum atomic E-state index is -0.200. The van der Waals surface area contributed by atoms with Gasteiger partial charge in [0.2, 0.25) is 5.91 Å². The molecule has 2 aliphatic rings. The van der Waals surface area contributed by atoms with Crippen LogP contribution >= 0.6 is 0 Å². The van der Waals surface area contributed by atoms with Gasteiger partial charge in [0.05, 0.1) is 5.41 Å². The Morgan fingerprint density at radius 1 is 1.41 bits per heavy atom. The monoisotopic (exact) mass is 230 g/mol. The first-order valence-electron chi connectivity index (χ1n) is 6.27. The Labute approximate surface area is 102 Å². The molecule has 1 aromatic carbocycles. The minimum Gasteiger partial charge on any atom is -0.369 e. The average Bonchev–Trinajstić information content (AvgIpc) is 2.54. The smallest absolute Gasteiger partial charge is 0.225 e. The van der Waals surface area contributed by atoms with E-state index in [-0.39, 0.29) is 11.3 Å². The van der Waals surface area contributed by atoms with Crippen LogP contribution in [0.4, 0.5) is 0 Å². The summed E-state index contributed by atoms with van der Waals surface area (Å²) in [7, 11) is 0. The Morgan fingerprint density at radius 3 is 2.71 bits per heavy atom. The topological polar surface area (TPSA) is 46.3 Å². The maximum atomic E-state index is 11.6. The maximum Gasteiger partial charge on any atom is 0.225 e. The van der Waals surface area contributed by atoms with Gasteiger partial charge in [-0.15, -0.1) is 0 Å². The Bertz CT molecular complexity index is 431. The van der Waals surface area contributed by atoms with Gasteiger partial charge in [0, 0.05) is 19.6 Å². The first-order valence-corrected chi connectivity index (χ1v) is 6.27. The summed E-state index contributed by atoms with van der Waals surface area (Å²) in [5.74, 6) is 0.410. The second-order valence-electron chi connectivity index (χ2n) is 5.41. The fourth-order valence-electron chi connectivity index (χ4n) is 3.31. The van der Waals surface area contributed by atoms with Crippen LogP contribution in [0, 0.1) is 11.3 Å². The van der Waals surface area contributed by atoms with Gasteiger partial charge in [0.25, 0.3) is 0 Å². The second kappa shape index (κ2) is 3.84. The van der Waals surface area contributed by atoms with Crippen molar-refractivity contribution in [2.45, 2.75) is 19.4 Å². The van der Waals surface area contributed by atoms with Gasteiger partial charge in [0.1, 0.15) is 0 Å². The molecule has 90 valence electrons. The number of fused-ring (bicyclic) bond motifs is 1. The lowest BCUT2D eigenvalue weighted by Crippen LogP contribution is -2.49. The Hall–Kier alpha value is -1.35. The van der Waals surface area contributed by atoms with Crippen molar-refractivity contribution in [1.29, 1.82) is 0 Å². The fraction of sp³-hybridized carbons (Fsp3) is 0.500. The van der Waals surface area contributed by atoms with Gasteiger partial charge in [-0.25, -0.2) is 0 Å². The molecular weight excluding hydrogens is 212 g/mol. The lowest BCUT2D eigenvalue weighted by atomic mass is 9.62. The van der Waals surface area contributed by atoms with Crippen molar-refractivity contribution in [1.82, 2.24) is 4.90 Å². The molecule has 2 unspecified atom stereocenters. The van der Waals surface area contributed by atoms with E-state index in [9.17, 15) is 4.79 Å². The number of hydrogen-bond donors (Lipinski definition) is 1. The molecule has 1 saturated carbocycles. The summed E-state index contributed by atoms with van der Waals surface area (Å²) in [6, 6.07) is 10.4. The van der Waals surface area contributed by atoms with Crippen LogP contribution in [-0.2, 0) is 11.3 Å². The van der Waals surface area contributed by atoms with Crippen LogP contribution in [0.15, 0.2) is 30.3 Å². The maximum absolute atomic E-state index is 11.6. The standard InChI is InChI=1S/C14H18N2O/c15-13(17)14-7-6-12(14)9-16(10-14)8-11-4-2-1-3-5-11/h1-5,12H,6-10H2,(H2,15,17). The zero-order chi connectivity index (χ0) is 11.9. The normalized spacial score (nSPS) is 31.9. The summed E-state index contributed by atoms with van der Waals surface area (Å²) in [5, 5.41) is 0. The van der Waals surface area contributed by atoms with Crippen LogP contribution in [0.5, 0.6) is 0 Å². The predicted octanol–water partition coefficient (Wildman–Crippen LogP) is 1.38. The highest BCUT2D eigenvalue weighted by Crippen LogP contribution is 2.51. The van der Waals surface area contributed by atoms with Gasteiger partial charge < -0.3 is 5.73 Å². The fourth-order valence-corrected chi connectivity index (χ4v) is 3.31. The summed E-state index contributed by atoms with van der Waals surface area (Å²) >= 11 is 0. The van der Waals surface area contributed by atoms with Gasteiger partial charge >= 0.3 is 0 Å². The largest absolute Gasteiger partial charge is 0.369 e. The van der Waals surface area contributed by atoms with E-state index < -0.39 is 0 Å². The molecule has 2 N–H and O–H groups in total. The molecule has 1 heterocycles. The van der Waals surface area contributed by atoms with E-state index in [1.807, 2.05) is 6.07 Å². The summed E-state index contributed by atoms with van der Waals surface area (Å²) < 4.78 is 0. The Balaban J connectivity index is 1.70. The first-order chi connectivity index (χ1) is 8.21. The Morgan fingerprint density at radius 2 is 2.18 bits per heavy atom. The number of carbonyl (C=O) groups excluding carboxylic acids is 1. The molecule has 2 fully saturated rings. The number of carbonyl (C=O) groups is 1. The second-order valence-corrected chi connectivity index (χ2v) is 5.41. The van der Waals surface area contributed by atoms with Crippen LogP contribution < -0.4 is 5.73 Å². The van der Waals surface area contributed by atoms with Gasteiger partial charge in [-0.1, -0.05) is 30.3 Å². The van der Waals surface area contributed by atoms with Gasteiger partial charge in [-0.05, 0) is 24.3 Å². The van der Waals surface area contributed by atoms with E-state index >= 15 is 0 Å². The molecule has 0 radical (unpaired) electrons. The highest BCUT2D eigenvalue weighted by atomic mass is 16.1. The lowest BCUT2D eigenvalue weighted by molar-refractivity contribution is -0.134. The number of rotatable bonds is 3. The van der Waals surface area contributed by atoms with Crippen molar-refractivity contribution in [3.63, 3.8) is 0 Å². The van der Waals surface area contributed by atoms with Crippen molar-refractivity contribution in [2.24, 2.45) is 17.1 Å². The quantitative estimate of drug-likeness (QED) is 0.852. The SMILES string of the molecule is NC(=O)C12CCC1CN(Cc1ccccc1)C2. The molecule has 1 amide bonds. The molecule has 0 aromatic heterocycles. The van der Waals surface area contributed by atoms with Crippen LogP contribution in [0.3, 0.4) is 0 Å². The zero-order valence-electron chi connectivity index (χ0n) is 9.93. The summed E-state index contributed by atoms with van der Waals surface area (Å²) in [6.07, 6.45) is 2.15. The first kappa shape index (κ1) is 10.8. The molecule has 0 bridgehead atoms. The van der Waals surface area contributed by atoms with E-state index in [0.29, 0.717) is 5.92 Å². The van der Waals surface area contributed by atoms with E-state index in [1.165, 1.54) is 5.56 Å². The summed E-state index contributed by atoms with van der Waals surface area (Å²) in [6.45, 7) is 2.81. The van der Waals surface area contributed by atoms with E-state index in [2.05, 4.69) is 29.2 Å². The molecule has 1 aromatic rings. The molecule has 1 saturated heterocycles. The van der Waals surface area contributed by atoms with Crippen LogP contribution in [-0.4, -0.2) is 23.9 Å². The third-order valence-electron chi connectivity index (χ3n) is 4.44. The molecule has 1 aliphatic heterocycles. The molecule has 0 spiro atoms. The molecule has 1 aliphatic carbocycles. The Kier molecular flexibility index (Phi) is 2.44. The van der Waals surface area contributed by atoms with E-state index in [0.717, 1.165) is 32.5 Å². The van der Waals surface area contributed by atoms with E-state index in [1.54, 1.807) is 0 Å². The number of amides is 1. The van der Waals surface area contributed by atoms with Crippen molar-refractivity contribution in [2.75, 3.05) is 13.1 Å². The molecule has 3 rings (SSSR count). The summed E-state index contributed by atoms with van der Waals surface area (Å²) in [5.41, 5.74) is 6.68. The molecule has 3 heteroatoms. The van der Waals surface area contributed by atoms with Gasteiger partial charge in [-0.2, -0.15) is 0 Å². The summed E-state index contributed by atoms with van der Waals surface area (Å²) in [4.78, 5) is 14.0. The van der Waals surface area contributed by atoms with E-state index in [4.69, 9.17) is 5.73 Å². The molecule has 3 nitrogen and oxygen atoms in total. The molecule has 17 heavy (non-hydrogen) atoms.